The first-order chi connectivity index (χ1) is 8.58. The van der Waals surface area contributed by atoms with Gasteiger partial charge < -0.3 is 5.32 Å². The van der Waals surface area contributed by atoms with Gasteiger partial charge in [0.2, 0.25) is 0 Å². The molecule has 0 radical (unpaired) electrons. The Balaban J connectivity index is 2.28. The Labute approximate surface area is 114 Å². The summed E-state index contributed by atoms with van der Waals surface area (Å²) in [5.74, 6) is -0.191. The predicted molar refractivity (Wildman–Crippen MR) is 75.8 cm³/mol. The molecular formula is C14H13BrN2O. The fraction of sp³-hybridized carbons (Fsp3) is 0.143. The maximum Gasteiger partial charge on any atom is 0.274 e. The van der Waals surface area contributed by atoms with Crippen LogP contribution < -0.4 is 5.32 Å². The quantitative estimate of drug-likeness (QED) is 0.919. The second-order valence-electron chi connectivity index (χ2n) is 4.08. The number of hydrogen-bond acceptors (Lipinski definition) is 2. The zero-order valence-corrected chi connectivity index (χ0v) is 11.8. The molecule has 1 heterocycles. The van der Waals surface area contributed by atoms with Gasteiger partial charge in [-0.15, -0.1) is 0 Å². The van der Waals surface area contributed by atoms with Gasteiger partial charge in [0.15, 0.2) is 0 Å². The van der Waals surface area contributed by atoms with Gasteiger partial charge >= 0.3 is 0 Å². The van der Waals surface area contributed by atoms with E-state index >= 15 is 0 Å². The molecule has 1 N–H and O–H groups in total. The van der Waals surface area contributed by atoms with E-state index in [0.29, 0.717) is 5.69 Å². The van der Waals surface area contributed by atoms with Crippen molar-refractivity contribution >= 4 is 27.5 Å². The number of halogens is 1. The van der Waals surface area contributed by atoms with Crippen molar-refractivity contribution in [1.29, 1.82) is 0 Å². The van der Waals surface area contributed by atoms with E-state index in [1.165, 1.54) is 0 Å². The van der Waals surface area contributed by atoms with Crippen molar-refractivity contribution in [1.82, 2.24) is 4.98 Å². The Bertz CT molecular complexity index is 559. The maximum atomic E-state index is 12.0. The molecule has 92 valence electrons. The molecule has 0 saturated carbocycles. The van der Waals surface area contributed by atoms with Crippen LogP contribution in [-0.2, 0) is 0 Å². The van der Waals surface area contributed by atoms with Gasteiger partial charge in [0.25, 0.3) is 5.91 Å². The molecule has 0 aliphatic heterocycles. The van der Waals surface area contributed by atoms with Crippen LogP contribution in [-0.4, -0.2) is 10.9 Å². The number of rotatable bonds is 2. The molecule has 0 saturated heterocycles. The molecule has 0 bridgehead atoms. The number of benzene rings is 1. The van der Waals surface area contributed by atoms with Crippen molar-refractivity contribution in [3.8, 4) is 0 Å². The van der Waals surface area contributed by atoms with Crippen LogP contribution in [0, 0.1) is 13.8 Å². The number of nitrogens with one attached hydrogen (secondary N) is 1. The molecule has 4 heteroatoms. The summed E-state index contributed by atoms with van der Waals surface area (Å²) >= 11 is 3.43. The molecule has 0 unspecified atom stereocenters. The monoisotopic (exact) mass is 304 g/mol. The number of carbonyl (C=O) groups excluding carboxylic acids is 1. The average Bonchev–Trinajstić information content (AvgIpc) is 2.34. The molecule has 1 amide bonds. The van der Waals surface area contributed by atoms with Gasteiger partial charge in [0.05, 0.1) is 0 Å². The van der Waals surface area contributed by atoms with E-state index in [2.05, 4.69) is 26.2 Å². The molecule has 2 aromatic rings. The third kappa shape index (κ3) is 2.76. The van der Waals surface area contributed by atoms with Crippen molar-refractivity contribution in [2.24, 2.45) is 0 Å². The predicted octanol–water partition coefficient (Wildman–Crippen LogP) is 3.71. The third-order valence-corrected chi connectivity index (χ3v) is 3.09. The second-order valence-corrected chi connectivity index (χ2v) is 5.00. The van der Waals surface area contributed by atoms with Crippen molar-refractivity contribution in [2.75, 3.05) is 5.32 Å². The smallest absolute Gasteiger partial charge is 0.274 e. The van der Waals surface area contributed by atoms with Crippen LogP contribution in [0.2, 0.25) is 0 Å². The second kappa shape index (κ2) is 5.31. The molecule has 18 heavy (non-hydrogen) atoms. The van der Waals surface area contributed by atoms with E-state index in [4.69, 9.17) is 0 Å². The summed E-state index contributed by atoms with van der Waals surface area (Å²) in [6, 6.07) is 9.22. The van der Waals surface area contributed by atoms with Crippen LogP contribution >= 0.6 is 15.9 Å². The first-order valence-electron chi connectivity index (χ1n) is 5.57. The number of aryl methyl sites for hydroxylation is 2. The first-order valence-corrected chi connectivity index (χ1v) is 6.36. The highest BCUT2D eigenvalue weighted by Crippen LogP contribution is 2.25. The number of aromatic nitrogens is 1. The highest BCUT2D eigenvalue weighted by molar-refractivity contribution is 9.10. The lowest BCUT2D eigenvalue weighted by Gasteiger charge is -2.11. The van der Waals surface area contributed by atoms with Crippen LogP contribution in [0.1, 0.15) is 21.6 Å². The van der Waals surface area contributed by atoms with Crippen molar-refractivity contribution in [3.63, 3.8) is 0 Å². The minimum Gasteiger partial charge on any atom is -0.320 e. The van der Waals surface area contributed by atoms with Crippen molar-refractivity contribution in [3.05, 3.63) is 57.8 Å². The SMILES string of the molecule is Cc1cc(Br)cc(C)c1NC(=O)c1ccccn1. The van der Waals surface area contributed by atoms with E-state index in [1.807, 2.05) is 26.0 Å². The Morgan fingerprint density at radius 3 is 2.44 bits per heavy atom. The number of nitrogens with zero attached hydrogens (tertiary/aromatic N) is 1. The number of hydrogen-bond donors (Lipinski definition) is 1. The Hall–Kier alpha value is -1.68. The zero-order valence-electron chi connectivity index (χ0n) is 10.2. The number of anilines is 1. The Morgan fingerprint density at radius 1 is 1.22 bits per heavy atom. The number of carbonyl (C=O) groups is 1. The normalized spacial score (nSPS) is 10.2. The molecule has 0 aliphatic rings. The van der Waals surface area contributed by atoms with Crippen LogP contribution in [0.4, 0.5) is 5.69 Å². The average molecular weight is 305 g/mol. The Kier molecular flexibility index (Phi) is 3.77. The van der Waals surface area contributed by atoms with Crippen LogP contribution in [0.25, 0.3) is 0 Å². The molecule has 1 aromatic carbocycles. The summed E-state index contributed by atoms with van der Waals surface area (Å²) in [6.07, 6.45) is 1.61. The van der Waals surface area contributed by atoms with Crippen molar-refractivity contribution in [2.45, 2.75) is 13.8 Å². The molecule has 0 aliphatic carbocycles. The highest BCUT2D eigenvalue weighted by Gasteiger charge is 2.10. The number of amides is 1. The van der Waals surface area contributed by atoms with Crippen LogP contribution in [0.5, 0.6) is 0 Å². The lowest BCUT2D eigenvalue weighted by molar-refractivity contribution is 0.102. The molecule has 3 nitrogen and oxygen atoms in total. The third-order valence-electron chi connectivity index (χ3n) is 2.63. The number of pyridine rings is 1. The molecule has 0 spiro atoms. The van der Waals surface area contributed by atoms with E-state index in [9.17, 15) is 4.79 Å². The minimum atomic E-state index is -0.191. The van der Waals surface area contributed by atoms with E-state index < -0.39 is 0 Å². The van der Waals surface area contributed by atoms with Gasteiger partial charge in [-0.3, -0.25) is 9.78 Å². The van der Waals surface area contributed by atoms with Gasteiger partial charge in [-0.2, -0.15) is 0 Å². The first kappa shape index (κ1) is 12.8. The summed E-state index contributed by atoms with van der Waals surface area (Å²) < 4.78 is 1.01. The van der Waals surface area contributed by atoms with E-state index in [0.717, 1.165) is 21.3 Å². The van der Waals surface area contributed by atoms with Gasteiger partial charge in [-0.25, -0.2) is 0 Å². The fourth-order valence-electron chi connectivity index (χ4n) is 1.78. The van der Waals surface area contributed by atoms with E-state index in [1.54, 1.807) is 24.4 Å². The standard InChI is InChI=1S/C14H13BrN2O/c1-9-7-11(15)8-10(2)13(9)17-14(18)12-5-3-4-6-16-12/h3-8H,1-2H3,(H,17,18). The molecule has 1 aromatic heterocycles. The molecule has 2 rings (SSSR count). The summed E-state index contributed by atoms with van der Waals surface area (Å²) in [5.41, 5.74) is 3.30. The van der Waals surface area contributed by atoms with Gasteiger partial charge in [-0.1, -0.05) is 22.0 Å². The fourth-order valence-corrected chi connectivity index (χ4v) is 2.47. The molecule has 0 atom stereocenters. The van der Waals surface area contributed by atoms with Crippen molar-refractivity contribution < 1.29 is 4.79 Å². The molecular weight excluding hydrogens is 292 g/mol. The summed E-state index contributed by atoms with van der Waals surface area (Å²) in [5, 5.41) is 2.90. The molecule has 0 fully saturated rings. The minimum absolute atomic E-state index is 0.191. The highest BCUT2D eigenvalue weighted by atomic mass is 79.9. The lowest BCUT2D eigenvalue weighted by atomic mass is 10.1. The van der Waals surface area contributed by atoms with Gasteiger partial charge in [0, 0.05) is 16.4 Å². The van der Waals surface area contributed by atoms with E-state index in [-0.39, 0.29) is 5.91 Å². The van der Waals surface area contributed by atoms with Crippen LogP contribution in [0.15, 0.2) is 41.0 Å². The lowest BCUT2D eigenvalue weighted by Crippen LogP contribution is -2.15. The summed E-state index contributed by atoms with van der Waals surface area (Å²) in [7, 11) is 0. The Morgan fingerprint density at radius 2 is 1.89 bits per heavy atom. The largest absolute Gasteiger partial charge is 0.320 e. The van der Waals surface area contributed by atoms with Gasteiger partial charge in [0.1, 0.15) is 5.69 Å². The van der Waals surface area contributed by atoms with Crippen LogP contribution in [0.3, 0.4) is 0 Å². The summed E-state index contributed by atoms with van der Waals surface area (Å²) in [6.45, 7) is 3.93. The topological polar surface area (TPSA) is 42.0 Å². The summed E-state index contributed by atoms with van der Waals surface area (Å²) in [4.78, 5) is 16.0. The van der Waals surface area contributed by atoms with Gasteiger partial charge in [-0.05, 0) is 49.2 Å². The zero-order chi connectivity index (χ0) is 13.1. The maximum absolute atomic E-state index is 12.0.